The number of hydrogen-bond donors (Lipinski definition) is 0. The van der Waals surface area contributed by atoms with E-state index in [0.717, 1.165) is 57.8 Å². The molecule has 1 unspecified atom stereocenters. The van der Waals surface area contributed by atoms with Crippen LogP contribution >= 0.6 is 0 Å². The van der Waals surface area contributed by atoms with E-state index in [1.807, 2.05) is 0 Å². The molecule has 0 amide bonds. The second-order valence-corrected chi connectivity index (χ2v) is 20.6. The number of hydrogen-bond acceptors (Lipinski definition) is 6. The molecule has 1 atom stereocenters. The summed E-state index contributed by atoms with van der Waals surface area (Å²) in [6.07, 6.45) is 62.4. The van der Waals surface area contributed by atoms with E-state index in [9.17, 15) is 14.4 Å². The van der Waals surface area contributed by atoms with E-state index >= 15 is 0 Å². The smallest absolute Gasteiger partial charge is 0.306 e. The highest BCUT2D eigenvalue weighted by molar-refractivity contribution is 5.71. The van der Waals surface area contributed by atoms with E-state index in [1.165, 1.54) is 250 Å². The highest BCUT2D eigenvalue weighted by Gasteiger charge is 2.19. The number of unbranched alkanes of at least 4 members (excludes halogenated alkanes) is 45. The molecular formula is C60H116O6. The van der Waals surface area contributed by atoms with E-state index < -0.39 is 6.10 Å². The summed E-state index contributed by atoms with van der Waals surface area (Å²) in [5, 5.41) is 0. The first-order chi connectivity index (χ1) is 32.5. The average Bonchev–Trinajstić information content (AvgIpc) is 3.31. The minimum absolute atomic E-state index is 0.0610. The quantitative estimate of drug-likeness (QED) is 0.0343. The van der Waals surface area contributed by atoms with Gasteiger partial charge in [-0.1, -0.05) is 310 Å². The van der Waals surface area contributed by atoms with Crippen molar-refractivity contribution in [3.63, 3.8) is 0 Å². The topological polar surface area (TPSA) is 78.9 Å². The van der Waals surface area contributed by atoms with Gasteiger partial charge in [0.05, 0.1) is 0 Å². The molecule has 0 fully saturated rings. The molecule has 0 saturated heterocycles. The molecule has 392 valence electrons. The van der Waals surface area contributed by atoms with Gasteiger partial charge in [-0.3, -0.25) is 14.4 Å². The highest BCUT2D eigenvalue weighted by atomic mass is 16.6. The van der Waals surface area contributed by atoms with Gasteiger partial charge in [-0.25, -0.2) is 0 Å². The van der Waals surface area contributed by atoms with Crippen LogP contribution in [-0.2, 0) is 28.6 Å². The second-order valence-electron chi connectivity index (χ2n) is 20.6. The predicted molar refractivity (Wildman–Crippen MR) is 284 cm³/mol. The molecule has 0 aromatic rings. The van der Waals surface area contributed by atoms with Crippen molar-refractivity contribution in [2.45, 2.75) is 354 Å². The third-order valence-electron chi connectivity index (χ3n) is 13.9. The normalized spacial score (nSPS) is 11.9. The SMILES string of the molecule is CCCCCCCCCCCCCCCCCCCCCCCCC(=O)OCC(COC(=O)CCCCCCCCCCCCCCC)OC(=O)CCCCCCCCCCCCCCC. The Morgan fingerprint density at radius 1 is 0.242 bits per heavy atom. The van der Waals surface area contributed by atoms with Crippen LogP contribution in [-0.4, -0.2) is 37.2 Å². The summed E-state index contributed by atoms with van der Waals surface area (Å²) in [5.41, 5.74) is 0. The summed E-state index contributed by atoms with van der Waals surface area (Å²) in [5.74, 6) is -0.831. The van der Waals surface area contributed by atoms with Gasteiger partial charge in [-0.05, 0) is 19.3 Å². The van der Waals surface area contributed by atoms with Crippen LogP contribution in [0.1, 0.15) is 348 Å². The van der Waals surface area contributed by atoms with Crippen LogP contribution in [0.5, 0.6) is 0 Å². The first kappa shape index (κ1) is 64.4. The molecule has 0 aromatic heterocycles. The van der Waals surface area contributed by atoms with Gasteiger partial charge in [0, 0.05) is 19.3 Å². The first-order valence-corrected chi connectivity index (χ1v) is 30.0. The van der Waals surface area contributed by atoms with E-state index in [2.05, 4.69) is 20.8 Å². The van der Waals surface area contributed by atoms with Gasteiger partial charge in [-0.2, -0.15) is 0 Å². The van der Waals surface area contributed by atoms with Crippen molar-refractivity contribution in [1.82, 2.24) is 0 Å². The molecule has 0 N–H and O–H groups in total. The van der Waals surface area contributed by atoms with Gasteiger partial charge >= 0.3 is 17.9 Å². The van der Waals surface area contributed by atoms with Crippen molar-refractivity contribution in [3.8, 4) is 0 Å². The van der Waals surface area contributed by atoms with E-state index in [4.69, 9.17) is 14.2 Å². The Morgan fingerprint density at radius 3 is 0.606 bits per heavy atom. The van der Waals surface area contributed by atoms with Crippen molar-refractivity contribution in [1.29, 1.82) is 0 Å². The maximum Gasteiger partial charge on any atom is 0.306 e. The summed E-state index contributed by atoms with van der Waals surface area (Å²) < 4.78 is 16.9. The van der Waals surface area contributed by atoms with Crippen LogP contribution in [0.2, 0.25) is 0 Å². The second kappa shape index (κ2) is 56.0. The monoisotopic (exact) mass is 933 g/mol. The van der Waals surface area contributed by atoms with Crippen molar-refractivity contribution >= 4 is 17.9 Å². The van der Waals surface area contributed by atoms with Crippen LogP contribution in [0.3, 0.4) is 0 Å². The van der Waals surface area contributed by atoms with Crippen LogP contribution in [0.15, 0.2) is 0 Å². The van der Waals surface area contributed by atoms with Gasteiger partial charge in [0.15, 0.2) is 6.10 Å². The standard InChI is InChI=1S/C60H116O6/c1-4-7-10-13-16-19-22-25-26-27-28-29-30-31-32-33-36-38-41-44-47-50-53-59(62)65-56-57(66-60(63)54-51-48-45-42-39-35-24-21-18-15-12-9-6-3)55-64-58(61)52-49-46-43-40-37-34-23-20-17-14-11-8-5-2/h57H,4-56H2,1-3H3. The van der Waals surface area contributed by atoms with Gasteiger partial charge in [0.25, 0.3) is 0 Å². The van der Waals surface area contributed by atoms with Crippen LogP contribution in [0.4, 0.5) is 0 Å². The highest BCUT2D eigenvalue weighted by Crippen LogP contribution is 2.18. The Balaban J connectivity index is 4.20. The third kappa shape index (κ3) is 53.4. The zero-order valence-corrected chi connectivity index (χ0v) is 45.0. The molecule has 66 heavy (non-hydrogen) atoms. The maximum absolute atomic E-state index is 12.8. The minimum Gasteiger partial charge on any atom is -0.462 e. The molecule has 0 aliphatic heterocycles. The number of esters is 3. The number of ether oxygens (including phenoxy) is 3. The Kier molecular flexibility index (Phi) is 54.7. The third-order valence-corrected chi connectivity index (χ3v) is 13.9. The fourth-order valence-corrected chi connectivity index (χ4v) is 9.33. The van der Waals surface area contributed by atoms with Gasteiger partial charge < -0.3 is 14.2 Å². The Bertz CT molecular complexity index is 982. The lowest BCUT2D eigenvalue weighted by Gasteiger charge is -2.18. The van der Waals surface area contributed by atoms with Gasteiger partial charge in [-0.15, -0.1) is 0 Å². The molecule has 0 bridgehead atoms. The van der Waals surface area contributed by atoms with Crippen LogP contribution in [0, 0.1) is 0 Å². The van der Waals surface area contributed by atoms with E-state index in [0.29, 0.717) is 19.3 Å². The predicted octanol–water partition coefficient (Wildman–Crippen LogP) is 19.9. The summed E-state index contributed by atoms with van der Waals surface area (Å²) in [6.45, 7) is 6.71. The molecule has 0 rings (SSSR count). The number of carbonyl (C=O) groups excluding carboxylic acids is 3. The molecule has 0 heterocycles. The van der Waals surface area contributed by atoms with E-state index in [1.54, 1.807) is 0 Å². The minimum atomic E-state index is -0.761. The van der Waals surface area contributed by atoms with E-state index in [-0.39, 0.29) is 31.1 Å². The van der Waals surface area contributed by atoms with Crippen molar-refractivity contribution in [2.75, 3.05) is 13.2 Å². The zero-order chi connectivity index (χ0) is 47.9. The molecule has 0 aliphatic rings. The van der Waals surface area contributed by atoms with Gasteiger partial charge in [0.2, 0.25) is 0 Å². The summed E-state index contributed by atoms with van der Waals surface area (Å²) in [4.78, 5) is 38.1. The maximum atomic E-state index is 12.8. The summed E-state index contributed by atoms with van der Waals surface area (Å²) in [6, 6.07) is 0. The molecule has 6 heteroatoms. The first-order valence-electron chi connectivity index (χ1n) is 30.0. The molecule has 0 aliphatic carbocycles. The Morgan fingerprint density at radius 2 is 0.409 bits per heavy atom. The van der Waals surface area contributed by atoms with Crippen LogP contribution < -0.4 is 0 Å². The van der Waals surface area contributed by atoms with Crippen molar-refractivity contribution < 1.29 is 28.6 Å². The Labute approximate surface area is 412 Å². The zero-order valence-electron chi connectivity index (χ0n) is 45.0. The van der Waals surface area contributed by atoms with Gasteiger partial charge in [0.1, 0.15) is 13.2 Å². The van der Waals surface area contributed by atoms with Crippen molar-refractivity contribution in [3.05, 3.63) is 0 Å². The molecule has 0 aromatic carbocycles. The lowest BCUT2D eigenvalue weighted by Crippen LogP contribution is -2.30. The molecular weight excluding hydrogens is 817 g/mol. The molecule has 0 radical (unpaired) electrons. The average molecular weight is 934 g/mol. The van der Waals surface area contributed by atoms with Crippen LogP contribution in [0.25, 0.3) is 0 Å². The van der Waals surface area contributed by atoms with Crippen molar-refractivity contribution in [2.24, 2.45) is 0 Å². The lowest BCUT2D eigenvalue weighted by molar-refractivity contribution is -0.167. The Hall–Kier alpha value is -1.59. The fraction of sp³-hybridized carbons (Fsp3) is 0.950. The summed E-state index contributed by atoms with van der Waals surface area (Å²) >= 11 is 0. The lowest BCUT2D eigenvalue weighted by atomic mass is 10.0. The summed E-state index contributed by atoms with van der Waals surface area (Å²) in [7, 11) is 0. The number of rotatable bonds is 56. The molecule has 0 saturated carbocycles. The largest absolute Gasteiger partial charge is 0.462 e. The molecule has 6 nitrogen and oxygen atoms in total. The fourth-order valence-electron chi connectivity index (χ4n) is 9.33. The molecule has 0 spiro atoms. The number of carbonyl (C=O) groups is 3.